The Balaban J connectivity index is 1.68. The summed E-state index contributed by atoms with van der Waals surface area (Å²) in [6.07, 6.45) is -0.497. The molecule has 0 saturated carbocycles. The van der Waals surface area contributed by atoms with Gasteiger partial charge in [0.2, 0.25) is 0 Å². The second-order valence-corrected chi connectivity index (χ2v) is 7.52. The molecule has 134 valence electrons. The van der Waals surface area contributed by atoms with Crippen LogP contribution in [-0.2, 0) is 10.5 Å². The van der Waals surface area contributed by atoms with Crippen LogP contribution >= 0.6 is 11.8 Å². The highest BCUT2D eigenvalue weighted by Gasteiger charge is 2.14. The fraction of sp³-hybridized carbons (Fsp3) is 0.381. The van der Waals surface area contributed by atoms with Gasteiger partial charge in [-0.2, -0.15) is 11.8 Å². The molecule has 2 aromatic carbocycles. The molecule has 1 amide bonds. The Kier molecular flexibility index (Phi) is 7.38. The third kappa shape index (κ3) is 6.83. The van der Waals surface area contributed by atoms with Gasteiger partial charge in [0, 0.05) is 18.1 Å². The van der Waals surface area contributed by atoms with E-state index in [9.17, 15) is 4.79 Å². The van der Waals surface area contributed by atoms with Gasteiger partial charge in [0.05, 0.1) is 0 Å². The van der Waals surface area contributed by atoms with Gasteiger partial charge in [-0.05, 0) is 56.5 Å². The maximum atomic E-state index is 12.1. The largest absolute Gasteiger partial charge is 0.481 e. The minimum atomic E-state index is -0.497. The summed E-state index contributed by atoms with van der Waals surface area (Å²) in [6, 6.07) is 14.6. The summed E-state index contributed by atoms with van der Waals surface area (Å²) < 4.78 is 5.76. The summed E-state index contributed by atoms with van der Waals surface area (Å²) in [7, 11) is 0. The summed E-state index contributed by atoms with van der Waals surface area (Å²) in [5.74, 6) is 2.52. The minimum Gasteiger partial charge on any atom is -0.481 e. The number of carbonyl (C=O) groups excluding carboxylic acids is 1. The number of aryl methyl sites for hydroxylation is 3. The topological polar surface area (TPSA) is 38.3 Å². The molecule has 25 heavy (non-hydrogen) atoms. The first kappa shape index (κ1) is 19.4. The van der Waals surface area contributed by atoms with E-state index in [0.717, 1.165) is 28.4 Å². The van der Waals surface area contributed by atoms with Gasteiger partial charge in [0.25, 0.3) is 5.91 Å². The molecule has 0 aliphatic rings. The van der Waals surface area contributed by atoms with Crippen molar-refractivity contribution in [3.05, 3.63) is 64.7 Å². The molecule has 2 rings (SSSR count). The van der Waals surface area contributed by atoms with E-state index in [4.69, 9.17) is 4.74 Å². The maximum absolute atomic E-state index is 12.1. The first-order valence-corrected chi connectivity index (χ1v) is 9.75. The fourth-order valence-electron chi connectivity index (χ4n) is 2.52. The zero-order chi connectivity index (χ0) is 18.2. The van der Waals surface area contributed by atoms with E-state index in [1.807, 2.05) is 37.7 Å². The first-order chi connectivity index (χ1) is 11.9. The van der Waals surface area contributed by atoms with Gasteiger partial charge < -0.3 is 10.1 Å². The number of thioether (sulfide) groups is 1. The average Bonchev–Trinajstić information content (AvgIpc) is 2.55. The second-order valence-electron chi connectivity index (χ2n) is 6.41. The number of carbonyl (C=O) groups is 1. The monoisotopic (exact) mass is 357 g/mol. The van der Waals surface area contributed by atoms with Gasteiger partial charge in [0.15, 0.2) is 6.10 Å². The lowest BCUT2D eigenvalue weighted by molar-refractivity contribution is -0.127. The molecule has 0 spiro atoms. The highest BCUT2D eigenvalue weighted by Crippen LogP contribution is 2.17. The number of amides is 1. The average molecular weight is 358 g/mol. The molecule has 0 unspecified atom stereocenters. The van der Waals surface area contributed by atoms with Gasteiger partial charge in [-0.25, -0.2) is 0 Å². The van der Waals surface area contributed by atoms with Crippen LogP contribution in [-0.4, -0.2) is 24.3 Å². The van der Waals surface area contributed by atoms with E-state index >= 15 is 0 Å². The van der Waals surface area contributed by atoms with Gasteiger partial charge in [-0.3, -0.25) is 4.79 Å². The summed E-state index contributed by atoms with van der Waals surface area (Å²) in [5, 5.41) is 2.94. The maximum Gasteiger partial charge on any atom is 0.260 e. The van der Waals surface area contributed by atoms with Crippen LogP contribution in [0, 0.1) is 20.8 Å². The number of ether oxygens (including phenoxy) is 1. The molecule has 3 nitrogen and oxygen atoms in total. The van der Waals surface area contributed by atoms with Gasteiger partial charge in [-0.1, -0.05) is 35.9 Å². The smallest absolute Gasteiger partial charge is 0.260 e. The van der Waals surface area contributed by atoms with Crippen molar-refractivity contribution in [2.24, 2.45) is 0 Å². The number of hydrogen-bond acceptors (Lipinski definition) is 3. The zero-order valence-electron chi connectivity index (χ0n) is 15.5. The van der Waals surface area contributed by atoms with Crippen molar-refractivity contribution in [1.29, 1.82) is 0 Å². The molecule has 1 atom stereocenters. The molecular formula is C21H27NO2S. The van der Waals surface area contributed by atoms with Crippen molar-refractivity contribution in [3.63, 3.8) is 0 Å². The highest BCUT2D eigenvalue weighted by atomic mass is 32.2. The van der Waals surface area contributed by atoms with Gasteiger partial charge in [-0.15, -0.1) is 0 Å². The normalized spacial score (nSPS) is 11.8. The van der Waals surface area contributed by atoms with Crippen LogP contribution in [0.3, 0.4) is 0 Å². The lowest BCUT2D eigenvalue weighted by Gasteiger charge is -2.15. The Morgan fingerprint density at radius 2 is 1.68 bits per heavy atom. The molecule has 0 radical (unpaired) electrons. The minimum absolute atomic E-state index is 0.0740. The first-order valence-electron chi connectivity index (χ1n) is 8.60. The van der Waals surface area contributed by atoms with Crippen LogP contribution in [0.4, 0.5) is 0 Å². The lowest BCUT2D eigenvalue weighted by Crippen LogP contribution is -2.37. The van der Waals surface area contributed by atoms with Crippen LogP contribution in [0.25, 0.3) is 0 Å². The Morgan fingerprint density at radius 1 is 1.04 bits per heavy atom. The summed E-state index contributed by atoms with van der Waals surface area (Å²) in [5.41, 5.74) is 4.86. The molecule has 0 aliphatic carbocycles. The highest BCUT2D eigenvalue weighted by molar-refractivity contribution is 7.98. The van der Waals surface area contributed by atoms with E-state index in [0.29, 0.717) is 6.54 Å². The second kappa shape index (κ2) is 9.52. The van der Waals surface area contributed by atoms with Gasteiger partial charge >= 0.3 is 0 Å². The van der Waals surface area contributed by atoms with Crippen LogP contribution in [0.1, 0.15) is 29.2 Å². The summed E-state index contributed by atoms with van der Waals surface area (Å²) >= 11 is 1.82. The van der Waals surface area contributed by atoms with Crippen molar-refractivity contribution in [1.82, 2.24) is 5.32 Å². The van der Waals surface area contributed by atoms with Crippen LogP contribution in [0.15, 0.2) is 42.5 Å². The SMILES string of the molecule is Cc1ccc(CSCCNC(=O)[C@H](C)Oc2cc(C)cc(C)c2)cc1. The molecular weight excluding hydrogens is 330 g/mol. The number of nitrogens with one attached hydrogen (secondary N) is 1. The van der Waals surface area contributed by atoms with E-state index in [1.54, 1.807) is 6.92 Å². The fourth-order valence-corrected chi connectivity index (χ4v) is 3.34. The van der Waals surface area contributed by atoms with Crippen LogP contribution in [0.2, 0.25) is 0 Å². The van der Waals surface area contributed by atoms with E-state index < -0.39 is 6.10 Å². The van der Waals surface area contributed by atoms with Crippen LogP contribution < -0.4 is 10.1 Å². The summed E-state index contributed by atoms with van der Waals surface area (Å²) in [4.78, 5) is 12.1. The van der Waals surface area contributed by atoms with E-state index in [1.165, 1.54) is 11.1 Å². The van der Waals surface area contributed by atoms with E-state index in [-0.39, 0.29) is 5.91 Å². The predicted octanol–water partition coefficient (Wildman–Crippen LogP) is 4.43. The Hall–Kier alpha value is -1.94. The Bertz CT molecular complexity index is 677. The van der Waals surface area contributed by atoms with Gasteiger partial charge in [0.1, 0.15) is 5.75 Å². The molecule has 4 heteroatoms. The third-order valence-electron chi connectivity index (χ3n) is 3.81. The molecule has 0 aromatic heterocycles. The van der Waals surface area contributed by atoms with Crippen molar-refractivity contribution in [2.75, 3.05) is 12.3 Å². The summed E-state index contributed by atoms with van der Waals surface area (Å²) in [6.45, 7) is 8.57. The standard InChI is InChI=1S/C21H27NO2S/c1-15-5-7-19(8-6-15)14-25-10-9-22-21(23)18(4)24-20-12-16(2)11-17(3)13-20/h5-8,11-13,18H,9-10,14H2,1-4H3,(H,22,23)/t18-/m0/s1. The zero-order valence-corrected chi connectivity index (χ0v) is 16.3. The number of rotatable bonds is 8. The van der Waals surface area contributed by atoms with Crippen LogP contribution in [0.5, 0.6) is 5.75 Å². The predicted molar refractivity (Wildman–Crippen MR) is 106 cm³/mol. The van der Waals surface area contributed by atoms with Crippen molar-refractivity contribution in [2.45, 2.75) is 39.6 Å². The Labute approximate surface area is 155 Å². The molecule has 0 bridgehead atoms. The lowest BCUT2D eigenvalue weighted by atomic mass is 10.1. The molecule has 0 saturated heterocycles. The number of benzene rings is 2. The third-order valence-corrected chi connectivity index (χ3v) is 4.84. The number of hydrogen-bond donors (Lipinski definition) is 1. The van der Waals surface area contributed by atoms with Crippen molar-refractivity contribution in [3.8, 4) is 5.75 Å². The molecule has 2 aromatic rings. The molecule has 1 N–H and O–H groups in total. The van der Waals surface area contributed by atoms with Crippen molar-refractivity contribution >= 4 is 17.7 Å². The van der Waals surface area contributed by atoms with E-state index in [2.05, 4.69) is 42.6 Å². The van der Waals surface area contributed by atoms with Crippen molar-refractivity contribution < 1.29 is 9.53 Å². The Morgan fingerprint density at radius 3 is 2.32 bits per heavy atom. The molecule has 0 heterocycles. The quantitative estimate of drug-likeness (QED) is 0.710. The molecule has 0 aliphatic heterocycles. The molecule has 0 fully saturated rings.